The molecule has 1 aliphatic heterocycles. The zero-order valence-electron chi connectivity index (χ0n) is 19.3. The molecule has 1 saturated carbocycles. The molecule has 7 nitrogen and oxygen atoms in total. The monoisotopic (exact) mass is 485 g/mol. The van der Waals surface area contributed by atoms with Gasteiger partial charge in [-0.1, -0.05) is 43.0 Å². The van der Waals surface area contributed by atoms with Crippen LogP contribution in [0.1, 0.15) is 67.3 Å². The number of rotatable bonds is 8. The normalized spacial score (nSPS) is 19.0. The summed E-state index contributed by atoms with van der Waals surface area (Å²) in [6.07, 6.45) is 7.42. The highest BCUT2D eigenvalue weighted by molar-refractivity contribution is 6.30. The summed E-state index contributed by atoms with van der Waals surface area (Å²) >= 11 is 6.11. The number of pyridine rings is 1. The van der Waals surface area contributed by atoms with E-state index in [4.69, 9.17) is 21.3 Å². The number of nitrogens with zero attached hydrogens (tertiary/aromatic N) is 2. The quantitative estimate of drug-likeness (QED) is 0.542. The molecule has 1 atom stereocenters. The fraction of sp³-hybridized carbons (Fsp3) is 0.500. The Morgan fingerprint density at radius 3 is 2.71 bits per heavy atom. The predicted octanol–water partition coefficient (Wildman–Crippen LogP) is 5.07. The second-order valence-electron chi connectivity index (χ2n) is 9.30. The fourth-order valence-corrected chi connectivity index (χ4v) is 5.08. The van der Waals surface area contributed by atoms with Crippen molar-refractivity contribution in [3.63, 3.8) is 0 Å². The number of piperidine rings is 1. The van der Waals surface area contributed by atoms with E-state index < -0.39 is 5.97 Å². The molecule has 182 valence electrons. The van der Waals surface area contributed by atoms with Gasteiger partial charge in [-0.2, -0.15) is 4.98 Å². The zero-order chi connectivity index (χ0) is 23.9. The first-order valence-corrected chi connectivity index (χ1v) is 12.5. The molecular weight excluding hydrogens is 454 g/mol. The van der Waals surface area contributed by atoms with Crippen LogP contribution in [0.5, 0.6) is 5.88 Å². The van der Waals surface area contributed by atoms with E-state index in [1.165, 1.54) is 6.42 Å². The van der Waals surface area contributed by atoms with Crippen molar-refractivity contribution in [2.24, 2.45) is 5.92 Å². The van der Waals surface area contributed by atoms with Crippen molar-refractivity contribution in [1.82, 2.24) is 10.3 Å². The average Bonchev–Trinajstić information content (AvgIpc) is 2.83. The fourth-order valence-electron chi connectivity index (χ4n) is 4.86. The third kappa shape index (κ3) is 6.63. The lowest BCUT2D eigenvalue weighted by atomic mass is 9.95. The van der Waals surface area contributed by atoms with Gasteiger partial charge in [0.05, 0.1) is 0 Å². The first-order valence-electron chi connectivity index (χ1n) is 12.1. The number of carboxylic acid groups (broad SMARTS) is 1. The highest BCUT2D eigenvalue weighted by atomic mass is 35.5. The molecule has 2 N–H and O–H groups in total. The van der Waals surface area contributed by atoms with Crippen LogP contribution in [0.3, 0.4) is 0 Å². The van der Waals surface area contributed by atoms with Crippen LogP contribution in [0.2, 0.25) is 5.02 Å². The van der Waals surface area contributed by atoms with Gasteiger partial charge in [0, 0.05) is 30.6 Å². The Balaban J connectivity index is 1.54. The van der Waals surface area contributed by atoms with Crippen molar-refractivity contribution in [3.05, 3.63) is 52.5 Å². The first kappa shape index (κ1) is 24.3. The van der Waals surface area contributed by atoms with Crippen LogP contribution in [0.4, 0.5) is 5.82 Å². The van der Waals surface area contributed by atoms with Gasteiger partial charge in [0.1, 0.15) is 18.0 Å². The third-order valence-corrected chi connectivity index (χ3v) is 6.84. The highest BCUT2D eigenvalue weighted by Gasteiger charge is 2.25. The molecule has 2 aliphatic rings. The molecule has 1 saturated heterocycles. The van der Waals surface area contributed by atoms with Crippen molar-refractivity contribution in [2.75, 3.05) is 18.0 Å². The number of carbonyl (C=O) groups excluding carboxylic acids is 1. The number of aromatic nitrogens is 1. The van der Waals surface area contributed by atoms with Gasteiger partial charge in [-0.05, 0) is 61.4 Å². The number of anilines is 1. The van der Waals surface area contributed by atoms with Gasteiger partial charge in [0.15, 0.2) is 0 Å². The Hall–Kier alpha value is -2.80. The largest absolute Gasteiger partial charge is 0.481 e. The van der Waals surface area contributed by atoms with E-state index in [2.05, 4.69) is 10.2 Å². The van der Waals surface area contributed by atoms with Crippen molar-refractivity contribution in [2.45, 2.75) is 64.0 Å². The second kappa shape index (κ2) is 11.6. The lowest BCUT2D eigenvalue weighted by Gasteiger charge is -2.33. The number of hydrogen-bond acceptors (Lipinski definition) is 5. The van der Waals surface area contributed by atoms with Crippen LogP contribution in [0.15, 0.2) is 36.4 Å². The van der Waals surface area contributed by atoms with Crippen molar-refractivity contribution >= 4 is 29.3 Å². The van der Waals surface area contributed by atoms with Crippen LogP contribution in [0, 0.1) is 5.92 Å². The summed E-state index contributed by atoms with van der Waals surface area (Å²) in [4.78, 5) is 31.1. The third-order valence-electron chi connectivity index (χ3n) is 6.60. The topological polar surface area (TPSA) is 91.8 Å². The van der Waals surface area contributed by atoms with Gasteiger partial charge >= 0.3 is 5.97 Å². The molecule has 0 bridgehead atoms. The summed E-state index contributed by atoms with van der Waals surface area (Å²) in [5.41, 5.74) is 1.30. The number of hydrogen-bond donors (Lipinski definition) is 2. The molecule has 0 radical (unpaired) electrons. The molecule has 0 unspecified atom stereocenters. The second-order valence-corrected chi connectivity index (χ2v) is 9.74. The van der Waals surface area contributed by atoms with E-state index >= 15 is 0 Å². The van der Waals surface area contributed by atoms with Crippen LogP contribution < -0.4 is 15.0 Å². The van der Waals surface area contributed by atoms with Crippen LogP contribution in [-0.4, -0.2) is 41.1 Å². The summed E-state index contributed by atoms with van der Waals surface area (Å²) in [6.45, 7) is 1.66. The van der Waals surface area contributed by atoms with E-state index in [-0.39, 0.29) is 36.8 Å². The zero-order valence-corrected chi connectivity index (χ0v) is 20.1. The number of ether oxygens (including phenoxy) is 1. The maximum atomic E-state index is 13.1. The average molecular weight is 486 g/mol. The van der Waals surface area contributed by atoms with E-state index in [1.54, 1.807) is 12.1 Å². The van der Waals surface area contributed by atoms with E-state index in [9.17, 15) is 14.7 Å². The van der Waals surface area contributed by atoms with Crippen molar-refractivity contribution in [3.8, 4) is 5.88 Å². The van der Waals surface area contributed by atoms with E-state index in [1.807, 2.05) is 24.3 Å². The molecule has 1 aromatic carbocycles. The van der Waals surface area contributed by atoms with Crippen molar-refractivity contribution < 1.29 is 19.4 Å². The Labute approximate surface area is 205 Å². The van der Waals surface area contributed by atoms with Gasteiger partial charge in [-0.15, -0.1) is 0 Å². The van der Waals surface area contributed by atoms with Crippen molar-refractivity contribution in [1.29, 1.82) is 0 Å². The summed E-state index contributed by atoms with van der Waals surface area (Å²) in [7, 11) is 0. The molecular formula is C26H32ClN3O4. The molecule has 1 aromatic heterocycles. The lowest BCUT2D eigenvalue weighted by molar-refractivity contribution is -0.138. The Morgan fingerprint density at radius 2 is 1.94 bits per heavy atom. The summed E-state index contributed by atoms with van der Waals surface area (Å²) < 4.78 is 6.06. The minimum absolute atomic E-state index is 0.0816. The standard InChI is InChI=1S/C26H32ClN3O4/c27-20-8-4-6-19(14-20)17-34-26-22(25(33)28-21-9-2-1-3-10-21)11-12-23(29-26)30-13-5-7-18(16-30)15-24(31)32/h4,6,8,11-12,14,18,21H,1-3,5,7,9-10,13,15-17H2,(H,28,33)(H,31,32)/t18-/m0/s1. The maximum Gasteiger partial charge on any atom is 0.303 e. The van der Waals surface area contributed by atoms with Gasteiger partial charge < -0.3 is 20.1 Å². The minimum Gasteiger partial charge on any atom is -0.481 e. The van der Waals surface area contributed by atoms with Gasteiger partial charge in [0.2, 0.25) is 5.88 Å². The number of aliphatic carboxylic acids is 1. The number of carboxylic acids is 1. The molecule has 2 aromatic rings. The SMILES string of the molecule is O=C(O)C[C@@H]1CCCN(c2ccc(C(=O)NC3CCCCC3)c(OCc3cccc(Cl)c3)n2)C1. The van der Waals surface area contributed by atoms with Crippen LogP contribution >= 0.6 is 11.6 Å². The first-order chi connectivity index (χ1) is 16.5. The molecule has 2 fully saturated rings. The molecule has 34 heavy (non-hydrogen) atoms. The highest BCUT2D eigenvalue weighted by Crippen LogP contribution is 2.28. The Kier molecular flexibility index (Phi) is 8.27. The van der Waals surface area contributed by atoms with Crippen LogP contribution in [0.25, 0.3) is 0 Å². The number of amides is 1. The maximum absolute atomic E-state index is 13.1. The van der Waals surface area contributed by atoms with Gasteiger partial charge in [0.25, 0.3) is 5.91 Å². The summed E-state index contributed by atoms with van der Waals surface area (Å²) in [6, 6.07) is 11.2. The molecule has 4 rings (SSSR count). The van der Waals surface area contributed by atoms with Gasteiger partial charge in [-0.3, -0.25) is 9.59 Å². The molecule has 1 aliphatic carbocycles. The van der Waals surface area contributed by atoms with E-state index in [0.717, 1.165) is 50.6 Å². The number of halogens is 1. The summed E-state index contributed by atoms with van der Waals surface area (Å²) in [5.74, 6) is 0.115. The minimum atomic E-state index is -0.778. The molecule has 2 heterocycles. The Morgan fingerprint density at radius 1 is 1.12 bits per heavy atom. The van der Waals surface area contributed by atoms with Crippen LogP contribution in [-0.2, 0) is 11.4 Å². The predicted molar refractivity (Wildman–Crippen MR) is 132 cm³/mol. The summed E-state index contributed by atoms with van der Waals surface area (Å²) in [5, 5.41) is 13.0. The lowest BCUT2D eigenvalue weighted by Crippen LogP contribution is -2.37. The smallest absolute Gasteiger partial charge is 0.303 e. The number of nitrogens with one attached hydrogen (secondary N) is 1. The Bertz CT molecular complexity index is 1010. The number of carbonyl (C=O) groups is 2. The molecule has 0 spiro atoms. The number of benzene rings is 1. The van der Waals surface area contributed by atoms with E-state index in [0.29, 0.717) is 22.9 Å². The molecule has 8 heteroatoms. The molecule has 1 amide bonds. The van der Waals surface area contributed by atoms with Gasteiger partial charge in [-0.25, -0.2) is 0 Å².